The smallest absolute Gasteiger partial charge is 0.410 e. The molecule has 4 rings (SSSR count). The number of fused-ring (bicyclic) bond motifs is 1. The predicted octanol–water partition coefficient (Wildman–Crippen LogP) is 5.27. The molecule has 2 aromatic carbocycles. The topological polar surface area (TPSA) is 91.3 Å². The number of hydrogen-bond donors (Lipinski definition) is 0. The largest absolute Gasteiger partial charge is 0.444 e. The van der Waals surface area contributed by atoms with Crippen LogP contribution in [-0.4, -0.2) is 96.9 Å². The van der Waals surface area contributed by atoms with Crippen LogP contribution in [0.4, 0.5) is 20.7 Å². The minimum atomic E-state index is -0.619. The van der Waals surface area contributed by atoms with Gasteiger partial charge in [-0.25, -0.2) is 14.2 Å². The van der Waals surface area contributed by atoms with E-state index in [0.717, 1.165) is 11.4 Å². The lowest BCUT2D eigenvalue weighted by Crippen LogP contribution is -2.45. The summed E-state index contributed by atoms with van der Waals surface area (Å²) in [6.45, 7) is 14.8. The van der Waals surface area contributed by atoms with E-state index >= 15 is 0 Å². The summed E-state index contributed by atoms with van der Waals surface area (Å²) in [4.78, 5) is 43.6. The van der Waals surface area contributed by atoms with E-state index in [1.165, 1.54) is 6.07 Å². The van der Waals surface area contributed by atoms with Crippen LogP contribution in [0.15, 0.2) is 36.5 Å². The number of hydrogen-bond acceptors (Lipinski definition) is 8. The fourth-order valence-corrected chi connectivity index (χ4v) is 5.07. The third kappa shape index (κ3) is 7.93. The van der Waals surface area contributed by atoms with Crippen LogP contribution in [0.5, 0.6) is 0 Å². The molecule has 2 heterocycles. The van der Waals surface area contributed by atoms with Crippen molar-refractivity contribution in [2.24, 2.45) is 0 Å². The first-order valence-electron chi connectivity index (χ1n) is 15.1. The Kier molecular flexibility index (Phi) is 10.3. The van der Waals surface area contributed by atoms with Crippen molar-refractivity contribution in [2.45, 2.75) is 59.7 Å². The SMILES string of the molecule is Cc1c(F)cccc1CN(C)c1cc(C(=O)N(C)CCN(C(=O)OC(C)(C)C)C(C)C)cc2ncc(N3CCOCC3)nc12. The highest BCUT2D eigenvalue weighted by molar-refractivity contribution is 6.01. The zero-order valence-corrected chi connectivity index (χ0v) is 27.2. The normalized spacial score (nSPS) is 13.7. The van der Waals surface area contributed by atoms with E-state index < -0.39 is 11.7 Å². The summed E-state index contributed by atoms with van der Waals surface area (Å²) in [7, 11) is 3.62. The standard InChI is InChI=1S/C33H45FN6O4/c1-22(2)40(32(42)44-33(4,5)6)13-12-37(7)31(41)25-18-27-30(36-29(20-35-27)39-14-16-43-17-15-39)28(19-25)38(8)21-24-10-9-11-26(34)23(24)3/h9-11,18-20,22H,12-17,21H2,1-8H3. The molecule has 0 unspecified atom stereocenters. The maximum Gasteiger partial charge on any atom is 0.410 e. The molecule has 0 aliphatic carbocycles. The third-order valence-electron chi connectivity index (χ3n) is 7.67. The van der Waals surface area contributed by atoms with Crippen LogP contribution in [-0.2, 0) is 16.0 Å². The zero-order chi connectivity index (χ0) is 32.2. The first-order chi connectivity index (χ1) is 20.7. The second kappa shape index (κ2) is 13.8. The Hall–Kier alpha value is -3.99. The summed E-state index contributed by atoms with van der Waals surface area (Å²) in [5.74, 6) is 0.266. The van der Waals surface area contributed by atoms with E-state index in [0.29, 0.717) is 73.8 Å². The average Bonchev–Trinajstić information content (AvgIpc) is 2.97. The van der Waals surface area contributed by atoms with Crippen LogP contribution >= 0.6 is 0 Å². The molecule has 238 valence electrons. The van der Waals surface area contributed by atoms with Gasteiger partial charge in [0, 0.05) is 58.4 Å². The number of nitrogens with zero attached hydrogens (tertiary/aromatic N) is 6. The van der Waals surface area contributed by atoms with E-state index in [1.807, 2.05) is 58.7 Å². The van der Waals surface area contributed by atoms with Crippen LogP contribution in [0.2, 0.25) is 0 Å². The van der Waals surface area contributed by atoms with Crippen LogP contribution in [0.25, 0.3) is 11.0 Å². The summed E-state index contributed by atoms with van der Waals surface area (Å²) >= 11 is 0. The van der Waals surface area contributed by atoms with E-state index in [9.17, 15) is 14.0 Å². The highest BCUT2D eigenvalue weighted by Gasteiger charge is 2.26. The second-order valence-electron chi connectivity index (χ2n) is 12.6. The van der Waals surface area contributed by atoms with Crippen molar-refractivity contribution < 1.29 is 23.5 Å². The molecule has 1 aromatic heterocycles. The first kappa shape index (κ1) is 32.9. The van der Waals surface area contributed by atoms with Gasteiger partial charge in [-0.1, -0.05) is 12.1 Å². The van der Waals surface area contributed by atoms with Gasteiger partial charge in [-0.15, -0.1) is 0 Å². The Morgan fingerprint density at radius 3 is 2.48 bits per heavy atom. The monoisotopic (exact) mass is 608 g/mol. The maximum absolute atomic E-state index is 14.4. The summed E-state index contributed by atoms with van der Waals surface area (Å²) in [6.07, 6.45) is 1.31. The average molecular weight is 609 g/mol. The number of morpholine rings is 1. The number of rotatable bonds is 9. The summed E-state index contributed by atoms with van der Waals surface area (Å²) in [6, 6.07) is 8.52. The molecule has 0 saturated carbocycles. The van der Waals surface area contributed by atoms with E-state index in [2.05, 4.69) is 4.90 Å². The molecule has 0 spiro atoms. The molecule has 0 N–H and O–H groups in total. The number of carbonyl (C=O) groups is 2. The van der Waals surface area contributed by atoms with Gasteiger partial charge in [-0.3, -0.25) is 9.78 Å². The highest BCUT2D eigenvalue weighted by atomic mass is 19.1. The molecule has 0 radical (unpaired) electrons. The van der Waals surface area contributed by atoms with Gasteiger partial charge in [0.05, 0.1) is 30.6 Å². The number of anilines is 2. The zero-order valence-electron chi connectivity index (χ0n) is 27.2. The Labute approximate surface area is 259 Å². The van der Waals surface area contributed by atoms with Crippen molar-refractivity contribution in [3.05, 3.63) is 59.0 Å². The number of ether oxygens (including phenoxy) is 2. The van der Waals surface area contributed by atoms with Crippen molar-refractivity contribution in [3.8, 4) is 0 Å². The Morgan fingerprint density at radius 2 is 1.82 bits per heavy atom. The summed E-state index contributed by atoms with van der Waals surface area (Å²) < 4.78 is 25.5. The second-order valence-corrected chi connectivity index (χ2v) is 12.6. The molecule has 11 heteroatoms. The van der Waals surface area contributed by atoms with Gasteiger partial charge in [-0.2, -0.15) is 0 Å². The van der Waals surface area contributed by atoms with E-state index in [1.54, 1.807) is 42.1 Å². The summed E-state index contributed by atoms with van der Waals surface area (Å²) in [5.41, 5.74) is 3.18. The van der Waals surface area contributed by atoms with Gasteiger partial charge >= 0.3 is 6.09 Å². The van der Waals surface area contributed by atoms with Crippen LogP contribution in [0.3, 0.4) is 0 Å². The van der Waals surface area contributed by atoms with Gasteiger partial charge in [-0.05, 0) is 70.9 Å². The molecule has 1 saturated heterocycles. The molecule has 1 aliphatic heterocycles. The lowest BCUT2D eigenvalue weighted by atomic mass is 10.1. The molecule has 1 aliphatic rings. The van der Waals surface area contributed by atoms with Crippen molar-refractivity contribution >= 4 is 34.5 Å². The Bertz CT molecular complexity index is 1490. The van der Waals surface area contributed by atoms with Gasteiger partial charge in [0.2, 0.25) is 0 Å². The number of carbonyl (C=O) groups excluding carboxylic acids is 2. The molecule has 3 aromatic rings. The number of amides is 2. The van der Waals surface area contributed by atoms with Crippen molar-refractivity contribution in [3.63, 3.8) is 0 Å². The van der Waals surface area contributed by atoms with Crippen molar-refractivity contribution in [1.82, 2.24) is 19.8 Å². The van der Waals surface area contributed by atoms with Crippen molar-refractivity contribution in [2.75, 3.05) is 63.3 Å². The molecule has 0 bridgehead atoms. The number of benzene rings is 2. The molecule has 1 fully saturated rings. The molecular formula is C33H45FN6O4. The molecule has 44 heavy (non-hydrogen) atoms. The highest BCUT2D eigenvalue weighted by Crippen LogP contribution is 2.30. The number of aromatic nitrogens is 2. The third-order valence-corrected chi connectivity index (χ3v) is 7.67. The number of halogens is 1. The van der Waals surface area contributed by atoms with Crippen LogP contribution < -0.4 is 9.80 Å². The minimum Gasteiger partial charge on any atom is -0.444 e. The fraction of sp³-hybridized carbons (Fsp3) is 0.515. The number of likely N-dealkylation sites (N-methyl/N-ethyl adjacent to an activating group) is 1. The molecule has 10 nitrogen and oxygen atoms in total. The van der Waals surface area contributed by atoms with E-state index in [-0.39, 0.29) is 17.8 Å². The lowest BCUT2D eigenvalue weighted by molar-refractivity contribution is 0.0173. The van der Waals surface area contributed by atoms with Gasteiger partial charge in [0.1, 0.15) is 22.8 Å². The van der Waals surface area contributed by atoms with Crippen LogP contribution in [0.1, 0.15) is 56.1 Å². The first-order valence-corrected chi connectivity index (χ1v) is 15.1. The fourth-order valence-electron chi connectivity index (χ4n) is 5.07. The van der Waals surface area contributed by atoms with Gasteiger partial charge in [0.25, 0.3) is 5.91 Å². The predicted molar refractivity (Wildman–Crippen MR) is 171 cm³/mol. The Morgan fingerprint density at radius 1 is 1.11 bits per heavy atom. The summed E-state index contributed by atoms with van der Waals surface area (Å²) in [5, 5.41) is 0. The molecule has 0 atom stereocenters. The van der Waals surface area contributed by atoms with Crippen molar-refractivity contribution in [1.29, 1.82) is 0 Å². The lowest BCUT2D eigenvalue weighted by Gasteiger charge is -2.31. The minimum absolute atomic E-state index is 0.100. The molecule has 2 amide bonds. The van der Waals surface area contributed by atoms with Gasteiger partial charge < -0.3 is 29.1 Å². The molecular weight excluding hydrogens is 563 g/mol. The maximum atomic E-state index is 14.4. The van der Waals surface area contributed by atoms with Gasteiger partial charge in [0.15, 0.2) is 0 Å². The quantitative estimate of drug-likeness (QED) is 0.325. The Balaban J connectivity index is 1.65. The van der Waals surface area contributed by atoms with Crippen LogP contribution in [0, 0.1) is 12.7 Å². The van der Waals surface area contributed by atoms with E-state index in [4.69, 9.17) is 19.4 Å².